The lowest BCUT2D eigenvalue weighted by Crippen LogP contribution is -2.47. The molecule has 0 radical (unpaired) electrons. The highest BCUT2D eigenvalue weighted by atomic mass is 35.5. The highest BCUT2D eigenvalue weighted by molar-refractivity contribution is 6.31. The number of piperazine rings is 1. The number of carbonyl (C=O) groups is 2. The van der Waals surface area contributed by atoms with Crippen LogP contribution in [0.3, 0.4) is 0 Å². The van der Waals surface area contributed by atoms with Gasteiger partial charge in [0.2, 0.25) is 5.91 Å². The second kappa shape index (κ2) is 13.4. The first-order valence-electron chi connectivity index (χ1n) is 13.4. The highest BCUT2D eigenvalue weighted by Gasteiger charge is 2.27. The van der Waals surface area contributed by atoms with Crippen molar-refractivity contribution in [3.8, 4) is 0 Å². The first-order valence-corrected chi connectivity index (χ1v) is 13.8. The fourth-order valence-corrected chi connectivity index (χ4v) is 5.33. The highest BCUT2D eigenvalue weighted by Crippen LogP contribution is 2.30. The molecule has 1 saturated heterocycles. The van der Waals surface area contributed by atoms with E-state index in [0.717, 1.165) is 76.8 Å². The predicted molar refractivity (Wildman–Crippen MR) is 143 cm³/mol. The minimum atomic E-state index is -0.901. The van der Waals surface area contributed by atoms with E-state index in [9.17, 15) is 9.59 Å². The molecule has 0 aromatic rings. The van der Waals surface area contributed by atoms with Crippen LogP contribution in [0.25, 0.3) is 0 Å². The number of aliphatic carboxylic acids is 1. The molecule has 2 aliphatic carbocycles. The number of nitrogens with one attached hydrogen (secondary N) is 1. The largest absolute Gasteiger partial charge is 0.481 e. The van der Waals surface area contributed by atoms with Crippen LogP contribution in [0, 0.1) is 11.8 Å². The first kappa shape index (κ1) is 26.9. The van der Waals surface area contributed by atoms with Crippen LogP contribution in [0.2, 0.25) is 0 Å². The topological polar surface area (TPSA) is 88.5 Å². The summed E-state index contributed by atoms with van der Waals surface area (Å²) in [6.07, 6.45) is 14.5. The van der Waals surface area contributed by atoms with Crippen molar-refractivity contribution in [2.24, 2.45) is 16.8 Å². The fourth-order valence-electron chi connectivity index (χ4n) is 5.12. The Balaban J connectivity index is 1.08. The summed E-state index contributed by atoms with van der Waals surface area (Å²) in [4.78, 5) is 34.7. The van der Waals surface area contributed by atoms with E-state index in [1.165, 1.54) is 18.5 Å². The molecule has 2 aliphatic heterocycles. The van der Waals surface area contributed by atoms with Gasteiger partial charge in [0.25, 0.3) is 0 Å². The summed E-state index contributed by atoms with van der Waals surface area (Å²) in [5.74, 6) is -0.0278. The van der Waals surface area contributed by atoms with Crippen LogP contribution in [0.4, 0.5) is 0 Å². The van der Waals surface area contributed by atoms with Crippen molar-refractivity contribution in [2.45, 2.75) is 44.6 Å². The molecule has 2 fully saturated rings. The lowest BCUT2D eigenvalue weighted by Gasteiger charge is -2.35. The van der Waals surface area contributed by atoms with Gasteiger partial charge in [0.1, 0.15) is 0 Å². The average molecular weight is 518 g/mol. The normalized spacial score (nSPS) is 24.1. The third-order valence-electron chi connectivity index (χ3n) is 7.46. The number of amides is 1. The molecule has 1 amide bonds. The van der Waals surface area contributed by atoms with E-state index in [0.29, 0.717) is 5.92 Å². The molecule has 2 N–H and O–H groups in total. The van der Waals surface area contributed by atoms with Crippen molar-refractivity contribution in [3.05, 3.63) is 35.0 Å². The average Bonchev–Trinajstić information content (AvgIpc) is 3.69. The molecule has 2 heterocycles. The molecule has 4 aliphatic rings. The minimum Gasteiger partial charge on any atom is -0.481 e. The number of aliphatic imine (C=N–C) groups is 1. The summed E-state index contributed by atoms with van der Waals surface area (Å²) in [7, 11) is 0. The quantitative estimate of drug-likeness (QED) is 0.344. The van der Waals surface area contributed by atoms with Gasteiger partial charge in [-0.05, 0) is 62.9 Å². The van der Waals surface area contributed by atoms with Crippen LogP contribution in [-0.4, -0.2) is 103 Å². The zero-order chi connectivity index (χ0) is 25.3. The Morgan fingerprint density at radius 2 is 1.83 bits per heavy atom. The van der Waals surface area contributed by atoms with Gasteiger partial charge >= 0.3 is 5.97 Å². The van der Waals surface area contributed by atoms with Gasteiger partial charge in [-0.3, -0.25) is 14.6 Å². The van der Waals surface area contributed by atoms with Crippen molar-refractivity contribution in [2.75, 3.05) is 58.9 Å². The minimum absolute atomic E-state index is 0.00528. The van der Waals surface area contributed by atoms with E-state index in [1.807, 2.05) is 23.3 Å². The Kier molecular flexibility index (Phi) is 10.0. The number of hydrogen-bond donors (Lipinski definition) is 2. The number of carboxylic acid groups (broad SMARTS) is 1. The summed E-state index contributed by atoms with van der Waals surface area (Å²) in [6, 6.07) is 0.103. The molecule has 1 saturated carbocycles. The molecule has 9 heteroatoms. The molecular formula is C27H40ClN5O3. The zero-order valence-electron chi connectivity index (χ0n) is 21.2. The van der Waals surface area contributed by atoms with Crippen LogP contribution in [0.5, 0.6) is 0 Å². The van der Waals surface area contributed by atoms with E-state index >= 15 is 0 Å². The molecule has 0 aromatic carbocycles. The maximum atomic E-state index is 12.5. The van der Waals surface area contributed by atoms with Gasteiger partial charge in [-0.15, -0.1) is 0 Å². The maximum Gasteiger partial charge on any atom is 0.303 e. The van der Waals surface area contributed by atoms with Gasteiger partial charge in [0.15, 0.2) is 0 Å². The monoisotopic (exact) mass is 517 g/mol. The van der Waals surface area contributed by atoms with Gasteiger partial charge in [-0.1, -0.05) is 17.7 Å². The maximum absolute atomic E-state index is 12.5. The fraction of sp³-hybridized carbons (Fsp3) is 0.667. The predicted octanol–water partition coefficient (Wildman–Crippen LogP) is 2.72. The summed E-state index contributed by atoms with van der Waals surface area (Å²) < 4.78 is 0. The summed E-state index contributed by atoms with van der Waals surface area (Å²) >= 11 is 6.12. The first-order chi connectivity index (χ1) is 17.5. The third-order valence-corrected chi connectivity index (χ3v) is 7.71. The Bertz CT molecular complexity index is 890. The van der Waals surface area contributed by atoms with Gasteiger partial charge in [0.05, 0.1) is 12.5 Å². The van der Waals surface area contributed by atoms with Crippen molar-refractivity contribution in [3.63, 3.8) is 0 Å². The third kappa shape index (κ3) is 8.46. The Morgan fingerprint density at radius 3 is 2.53 bits per heavy atom. The zero-order valence-corrected chi connectivity index (χ0v) is 21.9. The molecule has 0 spiro atoms. The van der Waals surface area contributed by atoms with Crippen molar-refractivity contribution in [1.82, 2.24) is 20.0 Å². The van der Waals surface area contributed by atoms with E-state index in [2.05, 4.69) is 32.3 Å². The van der Waals surface area contributed by atoms with Gasteiger partial charge in [0, 0.05) is 75.1 Å². The van der Waals surface area contributed by atoms with E-state index in [1.54, 1.807) is 0 Å². The number of fused-ring (bicyclic) bond motifs is 1. The molecule has 2 unspecified atom stereocenters. The number of hydrogen-bond acceptors (Lipinski definition) is 6. The van der Waals surface area contributed by atoms with Crippen LogP contribution < -0.4 is 5.32 Å². The van der Waals surface area contributed by atoms with E-state index < -0.39 is 5.97 Å². The van der Waals surface area contributed by atoms with E-state index in [-0.39, 0.29) is 30.7 Å². The second-order valence-corrected chi connectivity index (χ2v) is 10.8. The van der Waals surface area contributed by atoms with Gasteiger partial charge < -0.3 is 25.1 Å². The number of allylic oxidation sites excluding steroid dienone is 3. The number of carboxylic acids is 1. The number of rotatable bonds is 14. The van der Waals surface area contributed by atoms with Crippen LogP contribution in [-0.2, 0) is 9.59 Å². The Hall–Kier alpha value is -2.16. The molecule has 36 heavy (non-hydrogen) atoms. The smallest absolute Gasteiger partial charge is 0.303 e. The lowest BCUT2D eigenvalue weighted by atomic mass is 9.90. The summed E-state index contributed by atoms with van der Waals surface area (Å²) in [5, 5.41) is 13.3. The Morgan fingerprint density at radius 1 is 1.11 bits per heavy atom. The Labute approximate surface area is 219 Å². The SMILES string of the molecule is O=C(O)CCC(=O)N(CCCN1CCN(CCCNC2=CC=NC3C=C(Cl)C=CC23)CC1)CC1CC1. The van der Waals surface area contributed by atoms with Crippen molar-refractivity contribution >= 4 is 29.7 Å². The molecule has 198 valence electrons. The number of halogens is 1. The van der Waals surface area contributed by atoms with Gasteiger partial charge in [-0.25, -0.2) is 0 Å². The number of carbonyl (C=O) groups excluding carboxylic acids is 1. The summed E-state index contributed by atoms with van der Waals surface area (Å²) in [5.41, 5.74) is 1.22. The molecule has 8 nitrogen and oxygen atoms in total. The molecule has 4 rings (SSSR count). The number of nitrogens with zero attached hydrogens (tertiary/aromatic N) is 4. The van der Waals surface area contributed by atoms with Gasteiger partial charge in [-0.2, -0.15) is 0 Å². The van der Waals surface area contributed by atoms with Crippen LogP contribution in [0.15, 0.2) is 40.0 Å². The molecule has 0 bridgehead atoms. The molecular weight excluding hydrogens is 478 g/mol. The molecule has 2 atom stereocenters. The van der Waals surface area contributed by atoms with Crippen LogP contribution >= 0.6 is 11.6 Å². The van der Waals surface area contributed by atoms with Crippen molar-refractivity contribution in [1.29, 1.82) is 0 Å². The van der Waals surface area contributed by atoms with Crippen molar-refractivity contribution < 1.29 is 14.7 Å². The standard InChI is InChI=1S/C27H40ClN5O3/c28-22-5-6-23-24(9-11-30-25(23)19-22)29-10-1-12-31-15-17-32(18-16-31)13-2-14-33(20-21-3-4-21)26(34)7-8-27(35)36/h5-6,9,11,19,21,23,25,29H,1-4,7-8,10,12-18,20H2,(H,35,36). The van der Waals surface area contributed by atoms with Crippen LogP contribution in [0.1, 0.15) is 38.5 Å². The molecule has 0 aromatic heterocycles. The second-order valence-electron chi connectivity index (χ2n) is 10.3. The number of dihydropyridines is 1. The summed E-state index contributed by atoms with van der Waals surface area (Å²) in [6.45, 7) is 8.84. The lowest BCUT2D eigenvalue weighted by molar-refractivity contribution is -0.141. The van der Waals surface area contributed by atoms with E-state index in [4.69, 9.17) is 16.7 Å².